The van der Waals surface area contributed by atoms with Gasteiger partial charge in [0.1, 0.15) is 11.5 Å². The lowest BCUT2D eigenvalue weighted by atomic mass is 9.97. The first kappa shape index (κ1) is 23.6. The van der Waals surface area contributed by atoms with Gasteiger partial charge in [-0.05, 0) is 40.6 Å². The summed E-state index contributed by atoms with van der Waals surface area (Å²) in [5.74, 6) is -1.87. The van der Waals surface area contributed by atoms with Crippen LogP contribution in [0.2, 0.25) is 0 Å². The Kier molecular flexibility index (Phi) is 5.79. The van der Waals surface area contributed by atoms with Crippen molar-refractivity contribution in [3.05, 3.63) is 88.7 Å². The molecular formula is C24H17FN4O5S2. The summed E-state index contributed by atoms with van der Waals surface area (Å²) in [4.78, 5) is 15.3. The van der Waals surface area contributed by atoms with Crippen molar-refractivity contribution in [3.8, 4) is 22.3 Å². The van der Waals surface area contributed by atoms with Gasteiger partial charge >= 0.3 is 5.97 Å². The first-order valence-corrected chi connectivity index (χ1v) is 12.8. The van der Waals surface area contributed by atoms with E-state index in [1.165, 1.54) is 29.6 Å². The Bertz CT molecular complexity index is 1740. The normalized spacial score (nSPS) is 11.7. The van der Waals surface area contributed by atoms with Crippen LogP contribution in [-0.4, -0.2) is 39.4 Å². The van der Waals surface area contributed by atoms with E-state index in [1.54, 1.807) is 36.4 Å². The Morgan fingerprint density at radius 2 is 1.86 bits per heavy atom. The predicted octanol–water partition coefficient (Wildman–Crippen LogP) is 3.93. The number of carboxylic acid groups (broad SMARTS) is 1. The number of aromatic carboxylic acids is 1. The van der Waals surface area contributed by atoms with Crippen LogP contribution in [0.1, 0.15) is 21.6 Å². The number of nitrogens with two attached hydrogens (primary N) is 1. The second kappa shape index (κ2) is 8.82. The first-order valence-electron chi connectivity index (χ1n) is 10.4. The van der Waals surface area contributed by atoms with E-state index in [-0.39, 0.29) is 28.0 Å². The highest BCUT2D eigenvalue weighted by Crippen LogP contribution is 2.37. The molecule has 0 aliphatic heterocycles. The van der Waals surface area contributed by atoms with Gasteiger partial charge in [-0.15, -0.1) is 11.3 Å². The highest BCUT2D eigenvalue weighted by atomic mass is 32.2. The van der Waals surface area contributed by atoms with Crippen molar-refractivity contribution in [3.63, 3.8) is 0 Å². The summed E-state index contributed by atoms with van der Waals surface area (Å²) in [5, 5.41) is 33.0. The predicted molar refractivity (Wildman–Crippen MR) is 131 cm³/mol. The van der Waals surface area contributed by atoms with Crippen molar-refractivity contribution in [1.82, 2.24) is 14.8 Å². The van der Waals surface area contributed by atoms with Crippen LogP contribution in [0.3, 0.4) is 0 Å². The monoisotopic (exact) mass is 524 g/mol. The third kappa shape index (κ3) is 4.33. The highest BCUT2D eigenvalue weighted by Gasteiger charge is 2.24. The zero-order valence-electron chi connectivity index (χ0n) is 18.3. The van der Waals surface area contributed by atoms with Gasteiger partial charge in [0.15, 0.2) is 5.69 Å². The molecule has 2 aromatic heterocycles. The Hall–Kier alpha value is -4.13. The number of fused-ring (bicyclic) bond motifs is 1. The molecule has 0 aliphatic rings. The Labute approximate surface area is 207 Å². The molecule has 0 amide bonds. The van der Waals surface area contributed by atoms with Gasteiger partial charge in [-0.3, -0.25) is 0 Å². The van der Waals surface area contributed by atoms with Gasteiger partial charge in [0, 0.05) is 22.9 Å². The van der Waals surface area contributed by atoms with Crippen molar-refractivity contribution in [1.29, 1.82) is 0 Å². The molecular weight excluding hydrogens is 507 g/mol. The number of primary sulfonamides is 1. The van der Waals surface area contributed by atoms with Crippen LogP contribution in [0.5, 0.6) is 5.88 Å². The lowest BCUT2D eigenvalue weighted by Crippen LogP contribution is -2.11. The molecule has 9 nitrogen and oxygen atoms in total. The maximum atomic E-state index is 13.8. The minimum absolute atomic E-state index is 0.0496. The van der Waals surface area contributed by atoms with Crippen LogP contribution >= 0.6 is 11.3 Å². The SMILES string of the molecule is NS(=O)(=O)c1ccc(Cc2c(-c3cccc4cc(F)ccc34)nn(-c3nc(C(=O)O)cs3)c2O)cc1. The lowest BCUT2D eigenvalue weighted by molar-refractivity contribution is 0.0691. The van der Waals surface area contributed by atoms with Gasteiger partial charge in [-0.25, -0.2) is 27.7 Å². The molecule has 4 N–H and O–H groups in total. The maximum absolute atomic E-state index is 13.8. The number of nitrogens with zero attached hydrogens (tertiary/aromatic N) is 3. The Morgan fingerprint density at radius 3 is 2.53 bits per heavy atom. The second-order valence-corrected chi connectivity index (χ2v) is 10.3. The van der Waals surface area contributed by atoms with E-state index in [0.29, 0.717) is 33.2 Å². The maximum Gasteiger partial charge on any atom is 0.355 e. The van der Waals surface area contributed by atoms with Crippen LogP contribution in [0.4, 0.5) is 4.39 Å². The molecule has 0 bridgehead atoms. The van der Waals surface area contributed by atoms with Crippen LogP contribution < -0.4 is 5.14 Å². The molecule has 0 spiro atoms. The molecule has 36 heavy (non-hydrogen) atoms. The van der Waals surface area contributed by atoms with Crippen LogP contribution in [-0.2, 0) is 16.4 Å². The van der Waals surface area contributed by atoms with Crippen LogP contribution in [0.15, 0.2) is 70.9 Å². The number of carbonyl (C=O) groups is 1. The first-order chi connectivity index (χ1) is 17.1. The minimum atomic E-state index is -3.87. The van der Waals surface area contributed by atoms with Crippen molar-refractivity contribution in [2.75, 3.05) is 0 Å². The largest absolute Gasteiger partial charge is 0.493 e. The fraction of sp³-hybridized carbons (Fsp3) is 0.0417. The molecule has 5 aromatic rings. The van der Waals surface area contributed by atoms with E-state index in [0.717, 1.165) is 16.0 Å². The Balaban J connectivity index is 1.69. The van der Waals surface area contributed by atoms with Gasteiger partial charge < -0.3 is 10.2 Å². The number of rotatable bonds is 6. The zero-order chi connectivity index (χ0) is 25.6. The van der Waals surface area contributed by atoms with Crippen molar-refractivity contribution in [2.24, 2.45) is 5.14 Å². The smallest absolute Gasteiger partial charge is 0.355 e. The van der Waals surface area contributed by atoms with E-state index in [9.17, 15) is 27.8 Å². The summed E-state index contributed by atoms with van der Waals surface area (Å²) in [6, 6.07) is 15.5. The summed E-state index contributed by atoms with van der Waals surface area (Å²) >= 11 is 0.997. The topological polar surface area (TPSA) is 148 Å². The number of aromatic nitrogens is 3. The number of hydrogen-bond acceptors (Lipinski definition) is 7. The molecule has 0 saturated carbocycles. The fourth-order valence-corrected chi connectivity index (χ4v) is 5.14. The average Bonchev–Trinajstić information content (AvgIpc) is 3.44. The van der Waals surface area contributed by atoms with E-state index >= 15 is 0 Å². The summed E-state index contributed by atoms with van der Waals surface area (Å²) in [5.41, 5.74) is 1.87. The number of aromatic hydroxyl groups is 1. The van der Waals surface area contributed by atoms with Crippen molar-refractivity contribution >= 4 is 38.1 Å². The Morgan fingerprint density at radius 1 is 1.11 bits per heavy atom. The van der Waals surface area contributed by atoms with Gasteiger partial charge in [0.25, 0.3) is 0 Å². The van der Waals surface area contributed by atoms with E-state index in [1.807, 2.05) is 0 Å². The molecule has 0 atom stereocenters. The molecule has 2 heterocycles. The standard InChI is InChI=1S/C24H17FN4O5S2/c25-15-6-9-17-14(11-15)2-1-3-18(17)21-19(10-13-4-7-16(8-5-13)36(26,33)34)22(30)29(28-21)24-27-20(12-35-24)23(31)32/h1-9,11-12,30H,10H2,(H,31,32)(H2,26,33,34). The van der Waals surface area contributed by atoms with Crippen LogP contribution in [0, 0.1) is 5.82 Å². The summed E-state index contributed by atoms with van der Waals surface area (Å²) in [6.45, 7) is 0. The summed E-state index contributed by atoms with van der Waals surface area (Å²) in [6.07, 6.45) is 0.154. The molecule has 12 heteroatoms. The summed E-state index contributed by atoms with van der Waals surface area (Å²) < 4.78 is 38.2. The van der Waals surface area contributed by atoms with Gasteiger partial charge in [-0.1, -0.05) is 36.4 Å². The number of halogens is 1. The number of carboxylic acids is 1. The number of hydrogen-bond donors (Lipinski definition) is 3. The van der Waals surface area contributed by atoms with E-state index in [2.05, 4.69) is 10.1 Å². The second-order valence-electron chi connectivity index (χ2n) is 7.92. The molecule has 0 unspecified atom stereocenters. The molecule has 5 rings (SSSR count). The minimum Gasteiger partial charge on any atom is -0.493 e. The molecule has 0 saturated heterocycles. The fourth-order valence-electron chi connectivity index (χ4n) is 3.88. The quantitative estimate of drug-likeness (QED) is 0.305. The third-order valence-electron chi connectivity index (χ3n) is 5.58. The van der Waals surface area contributed by atoms with Gasteiger partial charge in [0.05, 0.1) is 4.90 Å². The summed E-state index contributed by atoms with van der Waals surface area (Å²) in [7, 11) is -3.87. The molecule has 0 aliphatic carbocycles. The highest BCUT2D eigenvalue weighted by molar-refractivity contribution is 7.89. The molecule has 0 fully saturated rings. The van der Waals surface area contributed by atoms with Crippen molar-refractivity contribution in [2.45, 2.75) is 11.3 Å². The van der Waals surface area contributed by atoms with Gasteiger partial charge in [0.2, 0.25) is 21.0 Å². The van der Waals surface area contributed by atoms with Crippen LogP contribution in [0.25, 0.3) is 27.2 Å². The average molecular weight is 525 g/mol. The van der Waals surface area contributed by atoms with Gasteiger partial charge in [-0.2, -0.15) is 9.78 Å². The van der Waals surface area contributed by atoms with Crippen molar-refractivity contribution < 1.29 is 27.8 Å². The molecule has 182 valence electrons. The molecule has 3 aromatic carbocycles. The van der Waals surface area contributed by atoms with E-state index < -0.39 is 21.8 Å². The number of sulfonamides is 1. The number of thiazole rings is 1. The number of benzene rings is 3. The zero-order valence-corrected chi connectivity index (χ0v) is 19.9. The third-order valence-corrected chi connectivity index (χ3v) is 7.32. The molecule has 0 radical (unpaired) electrons. The lowest BCUT2D eigenvalue weighted by Gasteiger charge is -2.08. The van der Waals surface area contributed by atoms with E-state index in [4.69, 9.17) is 5.14 Å².